The molecule has 6 N–H and O–H groups in total. The molecule has 0 aliphatic rings. The zero-order valence-corrected chi connectivity index (χ0v) is 17.8. The van der Waals surface area contributed by atoms with Gasteiger partial charge in [0.2, 0.25) is 0 Å². The number of ether oxygens (including phenoxy) is 1. The van der Waals surface area contributed by atoms with Crippen molar-refractivity contribution >= 4 is 29.6 Å². The Labute approximate surface area is 190 Å². The lowest BCUT2D eigenvalue weighted by Gasteiger charge is -2.07. The molecule has 0 spiro atoms. The van der Waals surface area contributed by atoms with Crippen LogP contribution in [0, 0.1) is 0 Å². The van der Waals surface area contributed by atoms with E-state index in [1.165, 1.54) is 0 Å². The lowest BCUT2D eigenvalue weighted by atomic mass is 10.1. The van der Waals surface area contributed by atoms with Crippen molar-refractivity contribution in [2.24, 2.45) is 5.73 Å². The van der Waals surface area contributed by atoms with Crippen molar-refractivity contribution in [1.82, 2.24) is 10.2 Å². The molecular formula is C26H23N5O2. The van der Waals surface area contributed by atoms with E-state index in [-0.39, 0.29) is 5.82 Å². The van der Waals surface area contributed by atoms with Crippen LogP contribution in [0.3, 0.4) is 0 Å². The van der Waals surface area contributed by atoms with Crippen LogP contribution in [-0.2, 0) is 0 Å². The maximum Gasteiger partial charge on any atom is 0.155 e. The van der Waals surface area contributed by atoms with E-state index < -0.39 is 0 Å². The molecular weight excluding hydrogens is 414 g/mol. The molecule has 0 saturated heterocycles. The highest BCUT2D eigenvalue weighted by molar-refractivity contribution is 5.77. The minimum Gasteiger partial charge on any atom is -0.457 e. The lowest BCUT2D eigenvalue weighted by molar-refractivity contribution is 0.112. The minimum atomic E-state index is 0.277. The van der Waals surface area contributed by atoms with E-state index in [0.717, 1.165) is 23.3 Å². The number of hydrogen-bond acceptors (Lipinski definition) is 6. The maximum absolute atomic E-state index is 11.0. The quantitative estimate of drug-likeness (QED) is 0.330. The highest BCUT2D eigenvalue weighted by Crippen LogP contribution is 2.22. The molecule has 33 heavy (non-hydrogen) atoms. The predicted octanol–water partition coefficient (Wildman–Crippen LogP) is 3.12. The Morgan fingerprint density at radius 2 is 1.73 bits per heavy atom. The Morgan fingerprint density at radius 3 is 2.45 bits per heavy atom. The minimum absolute atomic E-state index is 0.277. The number of nitrogens with one attached hydrogen (secondary N) is 2. The Morgan fingerprint density at radius 1 is 1.00 bits per heavy atom. The summed E-state index contributed by atoms with van der Waals surface area (Å²) in [6.07, 6.45) is 2.54. The second-order valence-electron chi connectivity index (χ2n) is 7.29. The van der Waals surface area contributed by atoms with Crippen LogP contribution < -0.4 is 32.1 Å². The van der Waals surface area contributed by atoms with Crippen LogP contribution in [0.25, 0.3) is 11.8 Å². The van der Waals surface area contributed by atoms with E-state index >= 15 is 0 Å². The highest BCUT2D eigenvalue weighted by atomic mass is 16.5. The molecule has 1 aromatic heterocycles. The molecule has 3 aromatic carbocycles. The van der Waals surface area contributed by atoms with Crippen LogP contribution in [0.1, 0.15) is 15.9 Å². The molecule has 1 heterocycles. The lowest BCUT2D eigenvalue weighted by Crippen LogP contribution is -2.31. The molecule has 0 aliphatic carbocycles. The van der Waals surface area contributed by atoms with Crippen molar-refractivity contribution < 1.29 is 9.53 Å². The van der Waals surface area contributed by atoms with E-state index in [1.54, 1.807) is 24.3 Å². The number of nitrogens with two attached hydrogens (primary N) is 2. The van der Waals surface area contributed by atoms with Crippen molar-refractivity contribution in [3.8, 4) is 11.5 Å². The van der Waals surface area contributed by atoms with E-state index in [1.807, 2.05) is 60.7 Å². The first-order valence-corrected chi connectivity index (χ1v) is 10.2. The topological polar surface area (TPSA) is 119 Å². The summed E-state index contributed by atoms with van der Waals surface area (Å²) in [5.41, 5.74) is 15.7. The number of hydrogen-bond donors (Lipinski definition) is 4. The van der Waals surface area contributed by atoms with Crippen molar-refractivity contribution in [3.63, 3.8) is 0 Å². The zero-order chi connectivity index (χ0) is 23.2. The van der Waals surface area contributed by atoms with Crippen LogP contribution in [0.5, 0.6) is 11.5 Å². The average molecular weight is 438 g/mol. The monoisotopic (exact) mass is 437 g/mol. The van der Waals surface area contributed by atoms with E-state index in [4.69, 9.17) is 16.2 Å². The molecule has 0 bridgehead atoms. The first kappa shape index (κ1) is 21.5. The zero-order valence-electron chi connectivity index (χ0n) is 17.8. The summed E-state index contributed by atoms with van der Waals surface area (Å²) in [5, 5.41) is 11.3. The van der Waals surface area contributed by atoms with Crippen molar-refractivity contribution in [1.29, 1.82) is 0 Å². The fourth-order valence-corrected chi connectivity index (χ4v) is 3.31. The molecule has 0 radical (unpaired) electrons. The smallest absolute Gasteiger partial charge is 0.155 e. The summed E-state index contributed by atoms with van der Waals surface area (Å²) in [7, 11) is 0. The third-order valence-corrected chi connectivity index (χ3v) is 4.88. The van der Waals surface area contributed by atoms with Gasteiger partial charge in [-0.1, -0.05) is 36.9 Å². The standard InChI is InChI=1S/C26H23N5O2/c1-17(29-20-7-5-6-18(15-20)16-32)14-23-24(26(28)31-30-23)25(27)19-10-12-22(13-11-19)33-21-8-3-2-4-9-21/h2-16,29-30H,1,27H2,(H2,28,31)/b23-14+,25-24+. The SMILES string of the molecule is C=C(/C=c1/[nH]nc(N)/c1=C(/N)c1ccc(Oc2ccccc2)cc1)Nc1cccc(C=O)c1. The van der Waals surface area contributed by atoms with Crippen molar-refractivity contribution in [2.75, 3.05) is 11.1 Å². The summed E-state index contributed by atoms with van der Waals surface area (Å²) in [6.45, 7) is 4.02. The number of aromatic nitrogens is 2. The van der Waals surface area contributed by atoms with Crippen molar-refractivity contribution in [3.05, 3.63) is 113 Å². The number of carbonyl (C=O) groups excluding carboxylic acids is 1. The van der Waals surface area contributed by atoms with E-state index in [2.05, 4.69) is 22.1 Å². The number of aldehydes is 1. The number of H-pyrrole nitrogens is 1. The van der Waals surface area contributed by atoms with E-state index in [9.17, 15) is 4.79 Å². The summed E-state index contributed by atoms with van der Waals surface area (Å²) in [5.74, 6) is 1.72. The number of benzene rings is 3. The van der Waals surface area contributed by atoms with Crippen LogP contribution in [0.15, 0.2) is 91.1 Å². The Hall–Kier alpha value is -4.78. The molecule has 4 rings (SSSR count). The molecule has 0 unspecified atom stereocenters. The number of anilines is 2. The molecule has 0 aliphatic heterocycles. The van der Waals surface area contributed by atoms with Gasteiger partial charge in [-0.3, -0.25) is 9.89 Å². The maximum atomic E-state index is 11.0. The first-order chi connectivity index (χ1) is 16.0. The number of allylic oxidation sites excluding steroid dienone is 1. The number of nitrogens with zero attached hydrogens (tertiary/aromatic N) is 1. The number of aromatic amines is 1. The van der Waals surface area contributed by atoms with Gasteiger partial charge < -0.3 is 21.5 Å². The Kier molecular flexibility index (Phi) is 6.22. The average Bonchev–Trinajstić information content (AvgIpc) is 3.19. The van der Waals surface area contributed by atoms with Crippen LogP contribution in [-0.4, -0.2) is 16.5 Å². The second-order valence-corrected chi connectivity index (χ2v) is 7.29. The van der Waals surface area contributed by atoms with Gasteiger partial charge in [-0.2, -0.15) is 5.10 Å². The van der Waals surface area contributed by atoms with Gasteiger partial charge in [0.1, 0.15) is 17.8 Å². The largest absolute Gasteiger partial charge is 0.457 e. The molecule has 0 amide bonds. The van der Waals surface area contributed by atoms with Crippen LogP contribution >= 0.6 is 0 Å². The van der Waals surface area contributed by atoms with Gasteiger partial charge in [-0.15, -0.1) is 0 Å². The molecule has 7 nitrogen and oxygen atoms in total. The van der Waals surface area contributed by atoms with Gasteiger partial charge >= 0.3 is 0 Å². The Bertz CT molecular complexity index is 1410. The third kappa shape index (κ3) is 5.11. The fraction of sp³-hybridized carbons (Fsp3) is 0. The summed E-state index contributed by atoms with van der Waals surface area (Å²) < 4.78 is 5.84. The summed E-state index contributed by atoms with van der Waals surface area (Å²) in [6, 6.07) is 24.0. The molecule has 4 aromatic rings. The van der Waals surface area contributed by atoms with E-state index in [0.29, 0.717) is 33.3 Å². The van der Waals surface area contributed by atoms with Gasteiger partial charge in [0.05, 0.1) is 16.3 Å². The van der Waals surface area contributed by atoms with Gasteiger partial charge in [-0.25, -0.2) is 0 Å². The number of nitrogen functional groups attached to an aromatic ring is 1. The third-order valence-electron chi connectivity index (χ3n) is 4.88. The van der Waals surface area contributed by atoms with Crippen LogP contribution in [0.2, 0.25) is 0 Å². The predicted molar refractivity (Wildman–Crippen MR) is 131 cm³/mol. The van der Waals surface area contributed by atoms with Crippen molar-refractivity contribution in [2.45, 2.75) is 0 Å². The molecule has 7 heteroatoms. The summed E-state index contributed by atoms with van der Waals surface area (Å²) in [4.78, 5) is 11.0. The first-order valence-electron chi connectivity index (χ1n) is 10.2. The van der Waals surface area contributed by atoms with Gasteiger partial charge in [0.25, 0.3) is 0 Å². The number of rotatable bonds is 7. The molecule has 0 fully saturated rings. The number of carbonyl (C=O) groups is 1. The number of para-hydroxylation sites is 1. The molecule has 0 saturated carbocycles. The van der Waals surface area contributed by atoms with Gasteiger partial charge in [-0.05, 0) is 60.2 Å². The molecule has 0 atom stereocenters. The Balaban J connectivity index is 1.62. The second kappa shape index (κ2) is 9.57. The normalized spacial score (nSPS) is 12.2. The summed E-state index contributed by atoms with van der Waals surface area (Å²) >= 11 is 0. The highest BCUT2D eigenvalue weighted by Gasteiger charge is 2.07. The van der Waals surface area contributed by atoms with Gasteiger partial charge in [0, 0.05) is 16.9 Å². The molecule has 164 valence electrons. The van der Waals surface area contributed by atoms with Crippen LogP contribution in [0.4, 0.5) is 11.5 Å². The van der Waals surface area contributed by atoms with Gasteiger partial charge in [0.15, 0.2) is 5.82 Å². The fourth-order valence-electron chi connectivity index (χ4n) is 3.31.